The van der Waals surface area contributed by atoms with Gasteiger partial charge in [-0.15, -0.1) is 0 Å². The van der Waals surface area contributed by atoms with Gasteiger partial charge in [0, 0.05) is 32.4 Å². The van der Waals surface area contributed by atoms with E-state index in [1.165, 1.54) is 12.8 Å². The predicted octanol–water partition coefficient (Wildman–Crippen LogP) is 2.11. The molecule has 0 unspecified atom stereocenters. The van der Waals surface area contributed by atoms with Gasteiger partial charge in [-0.1, -0.05) is 12.1 Å². The van der Waals surface area contributed by atoms with Crippen LogP contribution in [-0.4, -0.2) is 37.1 Å². The Balaban J connectivity index is 1.40. The van der Waals surface area contributed by atoms with Gasteiger partial charge in [-0.25, -0.2) is 4.98 Å². The number of nitrogens with one attached hydrogen (secondary N) is 2. The average molecular weight is 337 g/mol. The van der Waals surface area contributed by atoms with E-state index in [0.717, 1.165) is 32.0 Å². The van der Waals surface area contributed by atoms with Crippen molar-refractivity contribution in [2.45, 2.75) is 12.8 Å². The molecule has 1 spiro atoms. The normalized spacial score (nSPS) is 18.6. The van der Waals surface area contributed by atoms with Crippen molar-refractivity contribution in [3.63, 3.8) is 0 Å². The van der Waals surface area contributed by atoms with Gasteiger partial charge < -0.3 is 21.3 Å². The molecule has 0 bridgehead atoms. The minimum atomic E-state index is -0.199. The topological polar surface area (TPSA) is 83.3 Å². The molecular weight excluding hydrogens is 314 g/mol. The van der Waals surface area contributed by atoms with E-state index in [2.05, 4.69) is 20.5 Å². The van der Waals surface area contributed by atoms with E-state index >= 15 is 0 Å². The van der Waals surface area contributed by atoms with Crippen molar-refractivity contribution >= 4 is 23.1 Å². The van der Waals surface area contributed by atoms with Gasteiger partial charge in [0.05, 0.1) is 16.9 Å². The molecule has 2 aromatic rings. The third-order valence-corrected chi connectivity index (χ3v) is 5.37. The second-order valence-electron chi connectivity index (χ2n) is 7.04. The van der Waals surface area contributed by atoms with Gasteiger partial charge in [-0.05, 0) is 42.5 Å². The molecule has 0 radical (unpaired) electrons. The first-order valence-electron chi connectivity index (χ1n) is 8.73. The molecule has 6 heteroatoms. The summed E-state index contributed by atoms with van der Waals surface area (Å²) in [5.41, 5.74) is 8.08. The molecule has 0 atom stereocenters. The van der Waals surface area contributed by atoms with Gasteiger partial charge in [-0.3, -0.25) is 4.79 Å². The molecule has 25 heavy (non-hydrogen) atoms. The Labute approximate surface area is 147 Å². The number of nitrogens with zero attached hydrogens (tertiary/aromatic N) is 2. The van der Waals surface area contributed by atoms with E-state index in [9.17, 15) is 4.79 Å². The predicted molar refractivity (Wildman–Crippen MR) is 99.8 cm³/mol. The number of aromatic nitrogens is 1. The number of amides is 1. The number of piperidine rings is 1. The number of anilines is 3. The largest absolute Gasteiger partial charge is 0.397 e. The highest BCUT2D eigenvalue weighted by Gasteiger charge is 2.39. The SMILES string of the molecule is Nc1ccccc1NC(=O)c1ccc(N2CCC3(CC2)CNC3)nc1. The maximum absolute atomic E-state index is 12.4. The Morgan fingerprint density at radius 2 is 1.92 bits per heavy atom. The molecule has 1 amide bonds. The number of carbonyl (C=O) groups is 1. The van der Waals surface area contributed by atoms with Gasteiger partial charge in [0.25, 0.3) is 5.91 Å². The highest BCUT2D eigenvalue weighted by Crippen LogP contribution is 2.36. The van der Waals surface area contributed by atoms with Crippen LogP contribution in [0.4, 0.5) is 17.2 Å². The molecule has 4 rings (SSSR count). The van der Waals surface area contributed by atoms with Crippen LogP contribution in [0.2, 0.25) is 0 Å². The van der Waals surface area contributed by atoms with Gasteiger partial charge in [-0.2, -0.15) is 0 Å². The highest BCUT2D eigenvalue weighted by atomic mass is 16.1. The van der Waals surface area contributed by atoms with E-state index in [1.807, 2.05) is 24.3 Å². The standard InChI is InChI=1S/C19H23N5O/c20-15-3-1-2-4-16(15)23-18(25)14-5-6-17(22-11-14)24-9-7-19(8-10-24)12-21-13-19/h1-6,11,21H,7-10,12-13,20H2,(H,23,25). The second kappa shape index (κ2) is 6.37. The number of rotatable bonds is 3. The quantitative estimate of drug-likeness (QED) is 0.747. The number of benzene rings is 1. The maximum atomic E-state index is 12.4. The zero-order valence-electron chi connectivity index (χ0n) is 14.2. The lowest BCUT2D eigenvalue weighted by Gasteiger charge is -2.48. The van der Waals surface area contributed by atoms with Crippen molar-refractivity contribution in [2.24, 2.45) is 5.41 Å². The molecule has 1 aromatic heterocycles. The lowest BCUT2D eigenvalue weighted by molar-refractivity contribution is 0.102. The van der Waals surface area contributed by atoms with Crippen LogP contribution in [0.3, 0.4) is 0 Å². The van der Waals surface area contributed by atoms with E-state index in [4.69, 9.17) is 5.73 Å². The summed E-state index contributed by atoms with van der Waals surface area (Å²) < 4.78 is 0. The van der Waals surface area contributed by atoms with E-state index < -0.39 is 0 Å². The Morgan fingerprint density at radius 3 is 2.52 bits per heavy atom. The van der Waals surface area contributed by atoms with Crippen molar-refractivity contribution in [1.29, 1.82) is 0 Å². The van der Waals surface area contributed by atoms with Crippen molar-refractivity contribution in [2.75, 3.05) is 42.1 Å². The number of hydrogen-bond acceptors (Lipinski definition) is 5. The lowest BCUT2D eigenvalue weighted by atomic mass is 9.73. The fourth-order valence-electron chi connectivity index (χ4n) is 3.56. The lowest BCUT2D eigenvalue weighted by Crippen LogP contribution is -2.58. The summed E-state index contributed by atoms with van der Waals surface area (Å²) in [6, 6.07) is 11.0. The van der Waals surface area contributed by atoms with E-state index in [0.29, 0.717) is 22.4 Å². The van der Waals surface area contributed by atoms with E-state index in [1.54, 1.807) is 18.3 Å². The molecule has 0 aliphatic carbocycles. The molecule has 4 N–H and O–H groups in total. The smallest absolute Gasteiger partial charge is 0.257 e. The molecule has 1 aromatic carbocycles. The van der Waals surface area contributed by atoms with Crippen LogP contribution in [0.1, 0.15) is 23.2 Å². The molecule has 0 saturated carbocycles. The number of nitrogens with two attached hydrogens (primary N) is 1. The Bertz CT molecular complexity index is 760. The van der Waals surface area contributed by atoms with Gasteiger partial charge >= 0.3 is 0 Å². The van der Waals surface area contributed by atoms with Crippen molar-refractivity contribution in [3.05, 3.63) is 48.2 Å². The first-order chi connectivity index (χ1) is 12.2. The van der Waals surface area contributed by atoms with Gasteiger partial charge in [0.2, 0.25) is 0 Å². The molecule has 6 nitrogen and oxygen atoms in total. The number of para-hydroxylation sites is 2. The highest BCUT2D eigenvalue weighted by molar-refractivity contribution is 6.05. The summed E-state index contributed by atoms with van der Waals surface area (Å²) in [6.07, 6.45) is 4.05. The second-order valence-corrected chi connectivity index (χ2v) is 7.04. The minimum absolute atomic E-state index is 0.199. The number of pyridine rings is 1. The monoisotopic (exact) mass is 337 g/mol. The fourth-order valence-corrected chi connectivity index (χ4v) is 3.56. The number of nitrogen functional groups attached to an aromatic ring is 1. The zero-order valence-corrected chi connectivity index (χ0v) is 14.2. The number of hydrogen-bond donors (Lipinski definition) is 3. The first kappa shape index (κ1) is 15.9. The zero-order chi connectivity index (χ0) is 17.3. The maximum Gasteiger partial charge on any atom is 0.257 e. The summed E-state index contributed by atoms with van der Waals surface area (Å²) in [5, 5.41) is 6.21. The number of carbonyl (C=O) groups excluding carboxylic acids is 1. The van der Waals surface area contributed by atoms with Crippen LogP contribution in [-0.2, 0) is 0 Å². The molecule has 2 saturated heterocycles. The summed E-state index contributed by atoms with van der Waals surface area (Å²) in [5.74, 6) is 0.744. The van der Waals surface area contributed by atoms with Crippen LogP contribution in [0.15, 0.2) is 42.6 Å². The third kappa shape index (κ3) is 3.17. The third-order valence-electron chi connectivity index (χ3n) is 5.37. The Morgan fingerprint density at radius 1 is 1.16 bits per heavy atom. The molecule has 3 heterocycles. The van der Waals surface area contributed by atoms with Crippen LogP contribution >= 0.6 is 0 Å². The van der Waals surface area contributed by atoms with Crippen molar-refractivity contribution in [3.8, 4) is 0 Å². The van der Waals surface area contributed by atoms with Crippen LogP contribution < -0.4 is 21.3 Å². The molecule has 2 fully saturated rings. The molecule has 2 aliphatic rings. The van der Waals surface area contributed by atoms with Gasteiger partial charge in [0.15, 0.2) is 0 Å². The summed E-state index contributed by atoms with van der Waals surface area (Å²) >= 11 is 0. The van der Waals surface area contributed by atoms with Crippen LogP contribution in [0.5, 0.6) is 0 Å². The summed E-state index contributed by atoms with van der Waals surface area (Å²) in [6.45, 7) is 4.35. The van der Waals surface area contributed by atoms with E-state index in [-0.39, 0.29) is 5.91 Å². The van der Waals surface area contributed by atoms with Gasteiger partial charge in [0.1, 0.15) is 5.82 Å². The Hall–Kier alpha value is -2.60. The van der Waals surface area contributed by atoms with Crippen LogP contribution in [0, 0.1) is 5.41 Å². The first-order valence-corrected chi connectivity index (χ1v) is 8.73. The summed E-state index contributed by atoms with van der Waals surface area (Å²) in [4.78, 5) is 19.2. The Kier molecular flexibility index (Phi) is 4.05. The minimum Gasteiger partial charge on any atom is -0.397 e. The molecular formula is C19H23N5O. The van der Waals surface area contributed by atoms with Crippen molar-refractivity contribution in [1.82, 2.24) is 10.3 Å². The molecule has 2 aliphatic heterocycles. The van der Waals surface area contributed by atoms with Crippen LogP contribution in [0.25, 0.3) is 0 Å². The average Bonchev–Trinajstić information content (AvgIpc) is 2.62. The molecule has 130 valence electrons. The van der Waals surface area contributed by atoms with Crippen molar-refractivity contribution < 1.29 is 4.79 Å². The fraction of sp³-hybridized carbons (Fsp3) is 0.368. The summed E-state index contributed by atoms with van der Waals surface area (Å²) in [7, 11) is 0.